The number of nitrogens with one attached hydrogen (secondary N) is 1. The number of aromatic hydroxyl groups is 1. The second-order valence-electron chi connectivity index (χ2n) is 7.14. The lowest BCUT2D eigenvalue weighted by atomic mass is 10.1. The van der Waals surface area contributed by atoms with Gasteiger partial charge in [-0.15, -0.1) is 0 Å². The maximum atomic E-state index is 10.6. The van der Waals surface area contributed by atoms with E-state index in [0.29, 0.717) is 23.5 Å². The smallest absolute Gasteiger partial charge is 0.198 e. The van der Waals surface area contributed by atoms with Crippen LogP contribution in [0.15, 0.2) is 41.4 Å². The van der Waals surface area contributed by atoms with Crippen LogP contribution in [0.2, 0.25) is 0 Å². The fourth-order valence-electron chi connectivity index (χ4n) is 3.65. The molecule has 160 valence electrons. The molecule has 0 radical (unpaired) electrons. The van der Waals surface area contributed by atoms with Crippen LogP contribution >= 0.6 is 0 Å². The molecule has 0 saturated heterocycles. The van der Waals surface area contributed by atoms with Gasteiger partial charge in [-0.3, -0.25) is 9.89 Å². The number of aliphatic imine (C=N–C) groups is 1. The highest BCUT2D eigenvalue weighted by Crippen LogP contribution is 2.37. The predicted octanol–water partition coefficient (Wildman–Crippen LogP) is 5.26. The van der Waals surface area contributed by atoms with E-state index in [4.69, 9.17) is 14.5 Å². The van der Waals surface area contributed by atoms with Gasteiger partial charge in [-0.05, 0) is 43.3 Å². The molecule has 2 N–H and O–H groups in total. The molecule has 0 saturated carbocycles. The molecule has 30 heavy (non-hydrogen) atoms. The number of nitrogens with zero attached hydrogens (tertiary/aromatic N) is 2. The van der Waals surface area contributed by atoms with Gasteiger partial charge < -0.3 is 19.6 Å². The van der Waals surface area contributed by atoms with E-state index in [1.807, 2.05) is 31.2 Å². The lowest BCUT2D eigenvalue weighted by Gasteiger charge is -2.17. The first-order chi connectivity index (χ1) is 14.5. The van der Waals surface area contributed by atoms with Crippen LogP contribution in [0.4, 0.5) is 5.69 Å². The highest BCUT2D eigenvalue weighted by molar-refractivity contribution is 6.14. The molecule has 1 aromatic heterocycles. The highest BCUT2D eigenvalue weighted by Gasteiger charge is 2.18. The van der Waals surface area contributed by atoms with Crippen LogP contribution in [-0.2, 0) is 6.54 Å². The van der Waals surface area contributed by atoms with Crippen LogP contribution in [0.25, 0.3) is 10.9 Å². The average molecular weight is 410 g/mol. The first-order valence-electron chi connectivity index (χ1n) is 10.4. The summed E-state index contributed by atoms with van der Waals surface area (Å²) in [5, 5.41) is 11.5. The highest BCUT2D eigenvalue weighted by atomic mass is 16.5. The lowest BCUT2D eigenvalue weighted by molar-refractivity contribution is 0.296. The molecule has 0 atom stereocenters. The molecule has 0 aliphatic heterocycles. The zero-order valence-corrected chi connectivity index (χ0v) is 18.5. The molecular formula is C24H31N3O3. The van der Waals surface area contributed by atoms with Crippen molar-refractivity contribution in [1.82, 2.24) is 9.88 Å². The number of rotatable bonds is 9. The number of aromatic amines is 1. The fourth-order valence-corrected chi connectivity index (χ4v) is 3.65. The van der Waals surface area contributed by atoms with Gasteiger partial charge in [0.05, 0.1) is 36.7 Å². The molecule has 3 rings (SSSR count). The number of hydrogen-bond acceptors (Lipinski definition) is 5. The molecule has 6 heteroatoms. The molecule has 0 bridgehead atoms. The zero-order valence-electron chi connectivity index (χ0n) is 18.5. The summed E-state index contributed by atoms with van der Waals surface area (Å²) in [7, 11) is 3.20. The number of methoxy groups -OCH3 is 2. The standard InChI is InChI=1S/C24H31N3O3/c1-6-19(25-17-11-9-16(10-12-17)15-27(7-2)8-3)23-18-13-21(29-4)22(30-5)14-20(18)26-24(23)28/h9-14,26,28H,6-8,15H2,1-5H3. The minimum absolute atomic E-state index is 0.0964. The summed E-state index contributed by atoms with van der Waals surface area (Å²) in [5.41, 5.74) is 4.41. The Bertz CT molecular complexity index is 1020. The molecule has 0 fully saturated rings. The summed E-state index contributed by atoms with van der Waals surface area (Å²) in [6.07, 6.45) is 0.677. The van der Waals surface area contributed by atoms with Crippen LogP contribution < -0.4 is 9.47 Å². The van der Waals surface area contributed by atoms with Crippen LogP contribution in [0, 0.1) is 0 Å². The normalized spacial score (nSPS) is 12.0. The van der Waals surface area contributed by atoms with E-state index >= 15 is 0 Å². The Morgan fingerprint density at radius 3 is 2.20 bits per heavy atom. The largest absolute Gasteiger partial charge is 0.494 e. The van der Waals surface area contributed by atoms with E-state index in [9.17, 15) is 5.11 Å². The average Bonchev–Trinajstić information content (AvgIpc) is 3.10. The number of aromatic nitrogens is 1. The monoisotopic (exact) mass is 409 g/mol. The quantitative estimate of drug-likeness (QED) is 0.473. The SMILES string of the molecule is CCC(=Nc1ccc(CN(CC)CC)cc1)c1c(O)[nH]c2cc(OC)c(OC)cc12. The Kier molecular flexibility index (Phi) is 7.00. The van der Waals surface area contributed by atoms with Gasteiger partial charge in [0.1, 0.15) is 0 Å². The number of hydrogen-bond donors (Lipinski definition) is 2. The van der Waals surface area contributed by atoms with Gasteiger partial charge in [0.2, 0.25) is 0 Å². The van der Waals surface area contributed by atoms with Crippen molar-refractivity contribution in [3.8, 4) is 17.4 Å². The molecule has 0 amide bonds. The van der Waals surface area contributed by atoms with Crippen molar-refractivity contribution in [3.05, 3.63) is 47.5 Å². The second-order valence-corrected chi connectivity index (χ2v) is 7.14. The molecule has 3 aromatic rings. The van der Waals surface area contributed by atoms with Crippen molar-refractivity contribution >= 4 is 22.3 Å². The first kappa shape index (κ1) is 21.7. The number of fused-ring (bicyclic) bond motifs is 1. The zero-order chi connectivity index (χ0) is 21.7. The Balaban J connectivity index is 1.98. The molecule has 6 nitrogen and oxygen atoms in total. The summed E-state index contributed by atoms with van der Waals surface area (Å²) in [6.45, 7) is 9.38. The van der Waals surface area contributed by atoms with Crippen LogP contribution in [-0.4, -0.2) is 48.0 Å². The summed E-state index contributed by atoms with van der Waals surface area (Å²) < 4.78 is 10.8. The van der Waals surface area contributed by atoms with Gasteiger partial charge in [0.25, 0.3) is 0 Å². The Morgan fingerprint density at radius 2 is 1.63 bits per heavy atom. The van der Waals surface area contributed by atoms with Crippen molar-refractivity contribution < 1.29 is 14.6 Å². The van der Waals surface area contributed by atoms with Gasteiger partial charge in [-0.25, -0.2) is 0 Å². The van der Waals surface area contributed by atoms with Crippen LogP contribution in [0.5, 0.6) is 17.4 Å². The van der Waals surface area contributed by atoms with E-state index in [0.717, 1.165) is 41.9 Å². The number of benzene rings is 2. The van der Waals surface area contributed by atoms with Crippen LogP contribution in [0.3, 0.4) is 0 Å². The van der Waals surface area contributed by atoms with Gasteiger partial charge in [-0.1, -0.05) is 32.9 Å². The van der Waals surface area contributed by atoms with E-state index in [2.05, 4.69) is 35.9 Å². The summed E-state index contributed by atoms with van der Waals surface area (Å²) >= 11 is 0. The summed E-state index contributed by atoms with van der Waals surface area (Å²) in [6, 6.07) is 12.0. The summed E-state index contributed by atoms with van der Waals surface area (Å²) in [4.78, 5) is 10.2. The molecule has 0 aliphatic carbocycles. The maximum absolute atomic E-state index is 10.6. The van der Waals surface area contributed by atoms with Crippen molar-refractivity contribution in [2.24, 2.45) is 4.99 Å². The van der Waals surface area contributed by atoms with E-state index in [1.54, 1.807) is 14.2 Å². The van der Waals surface area contributed by atoms with Gasteiger partial charge in [0, 0.05) is 18.0 Å². The molecular weight excluding hydrogens is 378 g/mol. The Labute approximate surface area is 178 Å². The summed E-state index contributed by atoms with van der Waals surface area (Å²) in [5.74, 6) is 1.32. The van der Waals surface area contributed by atoms with E-state index in [1.165, 1.54) is 5.56 Å². The van der Waals surface area contributed by atoms with E-state index in [-0.39, 0.29) is 5.88 Å². The van der Waals surface area contributed by atoms with Crippen LogP contribution in [0.1, 0.15) is 38.3 Å². The second kappa shape index (κ2) is 9.67. The minimum atomic E-state index is 0.0964. The topological polar surface area (TPSA) is 70.1 Å². The molecule has 0 spiro atoms. The van der Waals surface area contributed by atoms with Crippen molar-refractivity contribution in [1.29, 1.82) is 0 Å². The molecule has 0 aliphatic rings. The molecule has 1 heterocycles. The predicted molar refractivity (Wildman–Crippen MR) is 123 cm³/mol. The maximum Gasteiger partial charge on any atom is 0.198 e. The van der Waals surface area contributed by atoms with Crippen molar-refractivity contribution in [2.75, 3.05) is 27.3 Å². The molecule has 2 aromatic carbocycles. The molecule has 0 unspecified atom stereocenters. The Morgan fingerprint density at radius 1 is 1.00 bits per heavy atom. The Hall–Kier alpha value is -2.99. The minimum Gasteiger partial charge on any atom is -0.494 e. The van der Waals surface area contributed by atoms with E-state index < -0.39 is 0 Å². The first-order valence-corrected chi connectivity index (χ1v) is 10.4. The third-order valence-electron chi connectivity index (χ3n) is 5.41. The van der Waals surface area contributed by atoms with Gasteiger partial charge in [-0.2, -0.15) is 0 Å². The van der Waals surface area contributed by atoms with Gasteiger partial charge in [0.15, 0.2) is 17.4 Å². The third kappa shape index (κ3) is 4.44. The lowest BCUT2D eigenvalue weighted by Crippen LogP contribution is -2.21. The fraction of sp³-hybridized carbons (Fsp3) is 0.375. The third-order valence-corrected chi connectivity index (χ3v) is 5.41. The number of H-pyrrole nitrogens is 1. The van der Waals surface area contributed by atoms with Crippen molar-refractivity contribution in [3.63, 3.8) is 0 Å². The van der Waals surface area contributed by atoms with Gasteiger partial charge >= 0.3 is 0 Å². The number of ether oxygens (including phenoxy) is 2. The van der Waals surface area contributed by atoms with Crippen molar-refractivity contribution in [2.45, 2.75) is 33.7 Å².